The number of nitrogens with zero attached hydrogens (tertiary/aromatic N) is 1. The summed E-state index contributed by atoms with van der Waals surface area (Å²) in [6, 6.07) is 0. The van der Waals surface area contributed by atoms with Gasteiger partial charge in [0.1, 0.15) is 0 Å². The molecule has 0 saturated carbocycles. The zero-order valence-corrected chi connectivity index (χ0v) is 10.8. The Morgan fingerprint density at radius 2 is 2.07 bits per heavy atom. The van der Waals surface area contributed by atoms with E-state index in [4.69, 9.17) is 4.43 Å². The minimum absolute atomic E-state index is 0.104. The van der Waals surface area contributed by atoms with E-state index in [-0.39, 0.29) is 11.5 Å². The van der Waals surface area contributed by atoms with Crippen LogP contribution in [0.2, 0.25) is 13.1 Å². The molecule has 0 bridgehead atoms. The quantitative estimate of drug-likeness (QED) is 0.782. The normalized spacial score (nSPS) is 14.7. The third-order valence-electron chi connectivity index (χ3n) is 1.98. The number of aromatic nitrogens is 2. The summed E-state index contributed by atoms with van der Waals surface area (Å²) in [4.78, 5) is 7.26. The SMILES string of the molecule is C[SiH](C)OC(c1c[nH]cn1)C(C)(C)C. The van der Waals surface area contributed by atoms with Crippen LogP contribution in [0.5, 0.6) is 0 Å². The third-order valence-corrected chi connectivity index (χ3v) is 2.80. The van der Waals surface area contributed by atoms with Gasteiger partial charge in [0.15, 0.2) is 9.04 Å². The molecule has 0 aliphatic rings. The van der Waals surface area contributed by atoms with Gasteiger partial charge in [-0.05, 0) is 18.5 Å². The van der Waals surface area contributed by atoms with Gasteiger partial charge in [-0.1, -0.05) is 20.8 Å². The Morgan fingerprint density at radius 1 is 1.43 bits per heavy atom. The predicted octanol–water partition coefficient (Wildman–Crippen LogP) is 2.50. The molecule has 1 rings (SSSR count). The molecule has 0 aromatic carbocycles. The molecule has 14 heavy (non-hydrogen) atoms. The van der Waals surface area contributed by atoms with E-state index in [0.29, 0.717) is 0 Å². The first-order chi connectivity index (χ1) is 6.41. The lowest BCUT2D eigenvalue weighted by molar-refractivity contribution is 0.0831. The lowest BCUT2D eigenvalue weighted by Gasteiger charge is -2.31. The minimum atomic E-state index is -1.03. The predicted molar refractivity (Wildman–Crippen MR) is 60.7 cm³/mol. The smallest absolute Gasteiger partial charge is 0.171 e. The molecule has 1 N–H and O–H groups in total. The number of rotatable bonds is 3. The molecule has 1 aromatic rings. The average molecular weight is 212 g/mol. The van der Waals surface area contributed by atoms with Gasteiger partial charge >= 0.3 is 0 Å². The van der Waals surface area contributed by atoms with Crippen molar-refractivity contribution in [1.82, 2.24) is 9.97 Å². The molecule has 4 heteroatoms. The van der Waals surface area contributed by atoms with E-state index in [2.05, 4.69) is 43.8 Å². The lowest BCUT2D eigenvalue weighted by atomic mass is 9.87. The zero-order chi connectivity index (χ0) is 10.8. The van der Waals surface area contributed by atoms with Gasteiger partial charge in [0, 0.05) is 6.20 Å². The Labute approximate surface area is 87.6 Å². The van der Waals surface area contributed by atoms with Crippen LogP contribution >= 0.6 is 0 Å². The second-order valence-electron chi connectivity index (χ2n) is 4.92. The molecule has 0 aliphatic heterocycles. The number of hydrogen-bond donors (Lipinski definition) is 1. The molecule has 0 aliphatic carbocycles. The second kappa shape index (κ2) is 4.27. The molecular formula is C10H20N2OSi. The van der Waals surface area contributed by atoms with Crippen molar-refractivity contribution < 1.29 is 4.43 Å². The van der Waals surface area contributed by atoms with E-state index in [1.807, 2.05) is 6.20 Å². The van der Waals surface area contributed by atoms with E-state index in [0.717, 1.165) is 5.69 Å². The zero-order valence-electron chi connectivity index (χ0n) is 9.66. The summed E-state index contributed by atoms with van der Waals surface area (Å²) in [7, 11) is -1.03. The Kier molecular flexibility index (Phi) is 3.50. The highest BCUT2D eigenvalue weighted by Crippen LogP contribution is 2.35. The molecule has 1 heterocycles. The maximum atomic E-state index is 6.02. The molecule has 1 atom stereocenters. The van der Waals surface area contributed by atoms with Crippen LogP contribution in [-0.2, 0) is 4.43 Å². The van der Waals surface area contributed by atoms with Crippen molar-refractivity contribution in [2.45, 2.75) is 40.0 Å². The van der Waals surface area contributed by atoms with Crippen LogP contribution in [0.15, 0.2) is 12.5 Å². The van der Waals surface area contributed by atoms with Gasteiger partial charge in [-0.25, -0.2) is 4.98 Å². The molecule has 0 spiro atoms. The van der Waals surface area contributed by atoms with Crippen molar-refractivity contribution in [2.75, 3.05) is 0 Å². The number of hydrogen-bond acceptors (Lipinski definition) is 2. The van der Waals surface area contributed by atoms with Crippen LogP contribution in [0.3, 0.4) is 0 Å². The maximum absolute atomic E-state index is 6.02. The van der Waals surface area contributed by atoms with Crippen molar-refractivity contribution in [2.24, 2.45) is 5.41 Å². The highest BCUT2D eigenvalue weighted by atomic mass is 28.3. The van der Waals surface area contributed by atoms with E-state index in [1.165, 1.54) is 0 Å². The monoisotopic (exact) mass is 212 g/mol. The van der Waals surface area contributed by atoms with E-state index in [1.54, 1.807) is 6.33 Å². The molecular weight excluding hydrogens is 192 g/mol. The largest absolute Gasteiger partial charge is 0.412 e. The van der Waals surface area contributed by atoms with Crippen LogP contribution in [0.1, 0.15) is 32.6 Å². The fraction of sp³-hybridized carbons (Fsp3) is 0.700. The first-order valence-electron chi connectivity index (χ1n) is 5.05. The Hall–Kier alpha value is -0.613. The highest BCUT2D eigenvalue weighted by molar-refractivity contribution is 6.48. The van der Waals surface area contributed by atoms with Crippen LogP contribution in [0.25, 0.3) is 0 Å². The fourth-order valence-electron chi connectivity index (χ4n) is 1.40. The van der Waals surface area contributed by atoms with Gasteiger partial charge in [-0.2, -0.15) is 0 Å². The number of aromatic amines is 1. The third kappa shape index (κ3) is 2.96. The number of imidazole rings is 1. The van der Waals surface area contributed by atoms with Gasteiger partial charge in [-0.3, -0.25) is 0 Å². The fourth-order valence-corrected chi connectivity index (χ4v) is 2.50. The van der Waals surface area contributed by atoms with Crippen molar-refractivity contribution in [3.63, 3.8) is 0 Å². The maximum Gasteiger partial charge on any atom is 0.171 e. The molecule has 1 unspecified atom stereocenters. The van der Waals surface area contributed by atoms with Crippen molar-refractivity contribution >= 4 is 9.04 Å². The molecule has 0 saturated heterocycles. The average Bonchev–Trinajstić information content (AvgIpc) is 2.49. The molecule has 0 radical (unpaired) electrons. The van der Waals surface area contributed by atoms with Gasteiger partial charge in [0.05, 0.1) is 18.1 Å². The van der Waals surface area contributed by atoms with Crippen LogP contribution in [0.4, 0.5) is 0 Å². The van der Waals surface area contributed by atoms with E-state index in [9.17, 15) is 0 Å². The highest BCUT2D eigenvalue weighted by Gasteiger charge is 2.29. The Balaban J connectivity index is 2.83. The number of H-pyrrole nitrogens is 1. The molecule has 0 amide bonds. The van der Waals surface area contributed by atoms with Crippen LogP contribution < -0.4 is 0 Å². The standard InChI is InChI=1S/C10H20N2OSi/c1-10(2,3)9(13-14(4)5)8-6-11-7-12-8/h6-7,9,14H,1-5H3,(H,11,12). The lowest BCUT2D eigenvalue weighted by Crippen LogP contribution is -2.26. The van der Waals surface area contributed by atoms with Crippen molar-refractivity contribution in [3.05, 3.63) is 18.2 Å². The summed E-state index contributed by atoms with van der Waals surface area (Å²) in [6.45, 7) is 10.9. The molecule has 0 fully saturated rings. The first kappa shape index (κ1) is 11.5. The summed E-state index contributed by atoms with van der Waals surface area (Å²) < 4.78 is 6.02. The van der Waals surface area contributed by atoms with E-state index >= 15 is 0 Å². The minimum Gasteiger partial charge on any atom is -0.412 e. The number of nitrogens with one attached hydrogen (secondary N) is 1. The van der Waals surface area contributed by atoms with Crippen molar-refractivity contribution in [3.8, 4) is 0 Å². The van der Waals surface area contributed by atoms with Gasteiger partial charge in [-0.15, -0.1) is 0 Å². The Morgan fingerprint density at radius 3 is 2.43 bits per heavy atom. The van der Waals surface area contributed by atoms with Crippen LogP contribution in [0, 0.1) is 5.41 Å². The summed E-state index contributed by atoms with van der Waals surface area (Å²) in [5, 5.41) is 0. The topological polar surface area (TPSA) is 37.9 Å². The molecule has 1 aromatic heterocycles. The summed E-state index contributed by atoms with van der Waals surface area (Å²) in [6.07, 6.45) is 3.74. The summed E-state index contributed by atoms with van der Waals surface area (Å²) in [5.74, 6) is 0. The van der Waals surface area contributed by atoms with Gasteiger partial charge < -0.3 is 9.41 Å². The molecule has 80 valence electrons. The van der Waals surface area contributed by atoms with E-state index < -0.39 is 9.04 Å². The molecule has 3 nitrogen and oxygen atoms in total. The van der Waals surface area contributed by atoms with Gasteiger partial charge in [0.2, 0.25) is 0 Å². The first-order valence-corrected chi connectivity index (χ1v) is 7.83. The summed E-state index contributed by atoms with van der Waals surface area (Å²) in [5.41, 5.74) is 1.12. The summed E-state index contributed by atoms with van der Waals surface area (Å²) >= 11 is 0. The van der Waals surface area contributed by atoms with Crippen molar-refractivity contribution in [1.29, 1.82) is 0 Å². The van der Waals surface area contributed by atoms with Crippen LogP contribution in [-0.4, -0.2) is 19.0 Å². The Bertz CT molecular complexity index is 264. The van der Waals surface area contributed by atoms with Gasteiger partial charge in [0.25, 0.3) is 0 Å². The second-order valence-corrected chi connectivity index (χ2v) is 7.29.